The van der Waals surface area contributed by atoms with Crippen molar-refractivity contribution in [2.75, 3.05) is 0 Å². The standard InChI is InChI=1S/C15H22BrNO3/c1-13(2,3)15(14(4,5)19,20-12(17)18)10-6-8-11(16)9-7-10/h6-9,19H,1-5H3,(H2,17,18). The number of benzene rings is 1. The number of hydrogen-bond donors (Lipinski definition) is 2. The fraction of sp³-hybridized carbons (Fsp3) is 0.533. The molecule has 0 saturated heterocycles. The van der Waals surface area contributed by atoms with Gasteiger partial charge in [-0.05, 0) is 31.5 Å². The Balaban J connectivity index is 3.61. The molecule has 0 fully saturated rings. The highest BCUT2D eigenvalue weighted by Crippen LogP contribution is 2.50. The number of aliphatic hydroxyl groups is 1. The van der Waals surface area contributed by atoms with Gasteiger partial charge in [-0.3, -0.25) is 0 Å². The molecule has 0 aromatic heterocycles. The predicted molar refractivity (Wildman–Crippen MR) is 82.2 cm³/mol. The highest BCUT2D eigenvalue weighted by Gasteiger charge is 2.57. The van der Waals surface area contributed by atoms with Gasteiger partial charge in [0, 0.05) is 9.89 Å². The van der Waals surface area contributed by atoms with E-state index in [1.54, 1.807) is 13.8 Å². The molecular formula is C15H22BrNO3. The van der Waals surface area contributed by atoms with Gasteiger partial charge in [-0.15, -0.1) is 0 Å². The fourth-order valence-corrected chi connectivity index (χ4v) is 3.14. The Kier molecular flexibility index (Phi) is 4.56. The van der Waals surface area contributed by atoms with Crippen molar-refractivity contribution in [3.63, 3.8) is 0 Å². The molecule has 1 atom stereocenters. The summed E-state index contributed by atoms with van der Waals surface area (Å²) in [4.78, 5) is 11.4. The Labute approximate surface area is 128 Å². The van der Waals surface area contributed by atoms with Crippen molar-refractivity contribution in [2.24, 2.45) is 11.1 Å². The van der Waals surface area contributed by atoms with Crippen LogP contribution in [0.4, 0.5) is 4.79 Å². The molecule has 0 saturated carbocycles. The van der Waals surface area contributed by atoms with Crippen LogP contribution in [0.25, 0.3) is 0 Å². The number of halogens is 1. The van der Waals surface area contributed by atoms with Crippen molar-refractivity contribution in [2.45, 2.75) is 45.8 Å². The minimum absolute atomic E-state index is 0.561. The van der Waals surface area contributed by atoms with Crippen molar-refractivity contribution in [1.29, 1.82) is 0 Å². The maximum atomic E-state index is 11.4. The number of amides is 1. The average molecular weight is 344 g/mol. The molecule has 1 aromatic carbocycles. The minimum atomic E-state index is -1.31. The van der Waals surface area contributed by atoms with Crippen LogP contribution in [0.5, 0.6) is 0 Å². The number of nitrogens with two attached hydrogens (primary N) is 1. The number of rotatable bonds is 3. The molecule has 0 heterocycles. The number of ether oxygens (including phenoxy) is 1. The van der Waals surface area contributed by atoms with Crippen molar-refractivity contribution in [1.82, 2.24) is 0 Å². The van der Waals surface area contributed by atoms with Gasteiger partial charge >= 0.3 is 6.09 Å². The second-order valence-corrected chi connectivity index (χ2v) is 7.33. The maximum Gasteiger partial charge on any atom is 0.405 e. The lowest BCUT2D eigenvalue weighted by Crippen LogP contribution is -2.59. The van der Waals surface area contributed by atoms with Gasteiger partial charge in [0.1, 0.15) is 5.60 Å². The first-order valence-electron chi connectivity index (χ1n) is 6.39. The van der Waals surface area contributed by atoms with Gasteiger partial charge in [-0.1, -0.05) is 48.8 Å². The van der Waals surface area contributed by atoms with Crippen molar-refractivity contribution in [3.05, 3.63) is 34.3 Å². The highest BCUT2D eigenvalue weighted by atomic mass is 79.9. The van der Waals surface area contributed by atoms with E-state index >= 15 is 0 Å². The normalized spacial score (nSPS) is 15.6. The molecule has 0 spiro atoms. The summed E-state index contributed by atoms with van der Waals surface area (Å²) in [6, 6.07) is 7.31. The summed E-state index contributed by atoms with van der Waals surface area (Å²) in [5.41, 5.74) is 2.82. The van der Waals surface area contributed by atoms with Gasteiger partial charge in [0.2, 0.25) is 0 Å². The number of primary amides is 1. The molecule has 0 aliphatic carbocycles. The highest BCUT2D eigenvalue weighted by molar-refractivity contribution is 9.10. The van der Waals surface area contributed by atoms with Crippen LogP contribution in [0.3, 0.4) is 0 Å². The molecule has 5 heteroatoms. The molecule has 4 nitrogen and oxygen atoms in total. The Morgan fingerprint density at radius 1 is 1.15 bits per heavy atom. The van der Waals surface area contributed by atoms with Gasteiger partial charge in [0.05, 0.1) is 0 Å². The molecule has 0 bridgehead atoms. The van der Waals surface area contributed by atoms with E-state index in [0.717, 1.165) is 4.47 Å². The van der Waals surface area contributed by atoms with Crippen LogP contribution < -0.4 is 5.73 Å². The summed E-state index contributed by atoms with van der Waals surface area (Å²) in [5.74, 6) is 0. The van der Waals surface area contributed by atoms with Crippen LogP contribution in [0.1, 0.15) is 40.2 Å². The van der Waals surface area contributed by atoms with Crippen molar-refractivity contribution >= 4 is 22.0 Å². The van der Waals surface area contributed by atoms with E-state index in [1.165, 1.54) is 0 Å². The molecule has 0 aliphatic rings. The van der Waals surface area contributed by atoms with Crippen LogP contribution in [0.2, 0.25) is 0 Å². The zero-order valence-electron chi connectivity index (χ0n) is 12.5. The van der Waals surface area contributed by atoms with E-state index in [1.807, 2.05) is 45.0 Å². The SMILES string of the molecule is CC(C)(C)C(OC(N)=O)(c1ccc(Br)cc1)C(C)(C)O. The third kappa shape index (κ3) is 2.99. The third-order valence-electron chi connectivity index (χ3n) is 3.42. The number of hydrogen-bond acceptors (Lipinski definition) is 3. The Bertz CT molecular complexity index is 469. The lowest BCUT2D eigenvalue weighted by Gasteiger charge is -2.50. The molecule has 0 radical (unpaired) electrons. The van der Waals surface area contributed by atoms with Crippen LogP contribution in [0, 0.1) is 5.41 Å². The van der Waals surface area contributed by atoms with Crippen LogP contribution in [0.15, 0.2) is 28.7 Å². The Morgan fingerprint density at radius 3 is 1.90 bits per heavy atom. The van der Waals surface area contributed by atoms with E-state index in [9.17, 15) is 9.90 Å². The van der Waals surface area contributed by atoms with Gasteiger partial charge in [-0.2, -0.15) is 0 Å². The summed E-state index contributed by atoms with van der Waals surface area (Å²) in [6.45, 7) is 8.92. The first-order valence-corrected chi connectivity index (χ1v) is 7.18. The third-order valence-corrected chi connectivity index (χ3v) is 3.95. The van der Waals surface area contributed by atoms with Crippen molar-refractivity contribution in [3.8, 4) is 0 Å². The first kappa shape index (κ1) is 17.0. The number of carbonyl (C=O) groups is 1. The molecular weight excluding hydrogens is 322 g/mol. The lowest BCUT2D eigenvalue weighted by molar-refractivity contribution is -0.193. The van der Waals surface area contributed by atoms with Gasteiger partial charge in [-0.25, -0.2) is 4.79 Å². The second kappa shape index (κ2) is 5.37. The quantitative estimate of drug-likeness (QED) is 0.881. The Hall–Kier alpha value is -1.07. The molecule has 1 aromatic rings. The molecule has 1 rings (SSSR count). The van der Waals surface area contributed by atoms with Crippen LogP contribution in [-0.4, -0.2) is 16.8 Å². The van der Waals surface area contributed by atoms with Crippen LogP contribution >= 0.6 is 15.9 Å². The summed E-state index contributed by atoms with van der Waals surface area (Å²) in [6.07, 6.45) is -0.912. The minimum Gasteiger partial charge on any atom is -0.435 e. The van der Waals surface area contributed by atoms with E-state index < -0.39 is 22.7 Å². The Morgan fingerprint density at radius 2 is 1.60 bits per heavy atom. The van der Waals surface area contributed by atoms with Gasteiger partial charge in [0.15, 0.2) is 5.60 Å². The number of carbonyl (C=O) groups excluding carboxylic acids is 1. The van der Waals surface area contributed by atoms with E-state index in [0.29, 0.717) is 5.56 Å². The zero-order valence-corrected chi connectivity index (χ0v) is 14.1. The first-order chi connectivity index (χ1) is 8.92. The van der Waals surface area contributed by atoms with E-state index in [2.05, 4.69) is 15.9 Å². The molecule has 1 unspecified atom stereocenters. The maximum absolute atomic E-state index is 11.4. The van der Waals surface area contributed by atoms with E-state index in [4.69, 9.17) is 10.5 Å². The summed E-state index contributed by atoms with van der Waals surface area (Å²) < 4.78 is 6.37. The monoisotopic (exact) mass is 343 g/mol. The largest absolute Gasteiger partial charge is 0.435 e. The predicted octanol–water partition coefficient (Wildman–Crippen LogP) is 3.56. The lowest BCUT2D eigenvalue weighted by atomic mass is 9.64. The summed E-state index contributed by atoms with van der Waals surface area (Å²) in [5, 5.41) is 10.7. The second-order valence-electron chi connectivity index (χ2n) is 6.42. The van der Waals surface area contributed by atoms with Crippen molar-refractivity contribution < 1.29 is 14.6 Å². The molecule has 0 aliphatic heterocycles. The molecule has 112 valence electrons. The van der Waals surface area contributed by atoms with Gasteiger partial charge in [0.25, 0.3) is 0 Å². The molecule has 3 N–H and O–H groups in total. The molecule has 20 heavy (non-hydrogen) atoms. The smallest absolute Gasteiger partial charge is 0.405 e. The summed E-state index contributed by atoms with van der Waals surface area (Å²) in [7, 11) is 0. The topological polar surface area (TPSA) is 72.5 Å². The van der Waals surface area contributed by atoms with Gasteiger partial charge < -0.3 is 15.6 Å². The fourth-order valence-electron chi connectivity index (χ4n) is 2.88. The van der Waals surface area contributed by atoms with E-state index in [-0.39, 0.29) is 0 Å². The van der Waals surface area contributed by atoms with Crippen LogP contribution in [-0.2, 0) is 10.3 Å². The average Bonchev–Trinajstić information content (AvgIpc) is 2.23. The zero-order chi connectivity index (χ0) is 15.8. The summed E-state index contributed by atoms with van der Waals surface area (Å²) >= 11 is 3.37. The molecule has 1 amide bonds.